The van der Waals surface area contributed by atoms with Gasteiger partial charge in [-0.05, 0) is 49.0 Å². The maximum atomic E-state index is 12.4. The van der Waals surface area contributed by atoms with Crippen LogP contribution in [0.4, 0.5) is 0 Å². The molecule has 4 nitrogen and oxygen atoms in total. The molecule has 0 fully saturated rings. The summed E-state index contributed by atoms with van der Waals surface area (Å²) in [5, 5.41) is 2.95. The quantitative estimate of drug-likeness (QED) is 0.715. The van der Waals surface area contributed by atoms with Gasteiger partial charge in [0.05, 0.1) is 7.11 Å². The van der Waals surface area contributed by atoms with Gasteiger partial charge < -0.3 is 10.1 Å². The van der Waals surface area contributed by atoms with E-state index in [0.29, 0.717) is 12.1 Å². The summed E-state index contributed by atoms with van der Waals surface area (Å²) < 4.78 is 6.29. The van der Waals surface area contributed by atoms with Crippen molar-refractivity contribution >= 4 is 21.8 Å². The molecule has 0 unspecified atom stereocenters. The molecule has 0 aromatic heterocycles. The predicted octanol–water partition coefficient (Wildman–Crippen LogP) is 4.23. The van der Waals surface area contributed by atoms with E-state index in [9.17, 15) is 4.79 Å². The van der Waals surface area contributed by atoms with Crippen molar-refractivity contribution in [3.8, 4) is 5.75 Å². The molecule has 0 atom stereocenters. The fourth-order valence-corrected chi connectivity index (χ4v) is 3.04. The minimum atomic E-state index is -0.0867. The van der Waals surface area contributed by atoms with E-state index in [2.05, 4.69) is 40.0 Å². The second-order valence-electron chi connectivity index (χ2n) is 5.80. The number of methoxy groups -OCH3 is 1. The number of hydrogen-bond donors (Lipinski definition) is 1. The number of nitrogens with zero attached hydrogens (tertiary/aromatic N) is 1. The summed E-state index contributed by atoms with van der Waals surface area (Å²) in [7, 11) is 1.63. The van der Waals surface area contributed by atoms with Gasteiger partial charge in [-0.15, -0.1) is 0 Å². The molecule has 2 aromatic carbocycles. The first-order chi connectivity index (χ1) is 12.1. The Morgan fingerprint density at radius 2 is 1.80 bits per heavy atom. The standard InChI is InChI=1S/C20H25BrN2O2/c1-4-23(5-2)14-15-6-8-16(9-7-15)20(24)22-13-17-12-18(21)10-11-19(17)25-3/h6-12H,4-5,13-14H2,1-3H3,(H,22,24). The summed E-state index contributed by atoms with van der Waals surface area (Å²) in [5.41, 5.74) is 2.81. The van der Waals surface area contributed by atoms with Crippen molar-refractivity contribution in [3.05, 3.63) is 63.6 Å². The number of carbonyl (C=O) groups is 1. The average molecular weight is 405 g/mol. The third-order valence-corrected chi connectivity index (χ3v) is 4.69. The normalized spacial score (nSPS) is 10.8. The topological polar surface area (TPSA) is 41.6 Å². The summed E-state index contributed by atoms with van der Waals surface area (Å²) in [6, 6.07) is 13.6. The van der Waals surface area contributed by atoms with Gasteiger partial charge in [0.15, 0.2) is 0 Å². The van der Waals surface area contributed by atoms with Crippen molar-refractivity contribution in [3.63, 3.8) is 0 Å². The van der Waals surface area contributed by atoms with Crippen LogP contribution in [0.2, 0.25) is 0 Å². The van der Waals surface area contributed by atoms with Crippen LogP contribution in [-0.4, -0.2) is 31.0 Å². The number of rotatable bonds is 8. The minimum absolute atomic E-state index is 0.0867. The Morgan fingerprint density at radius 1 is 1.12 bits per heavy atom. The lowest BCUT2D eigenvalue weighted by molar-refractivity contribution is 0.0950. The number of carbonyl (C=O) groups excluding carboxylic acids is 1. The van der Waals surface area contributed by atoms with E-state index in [4.69, 9.17) is 4.74 Å². The molecule has 0 radical (unpaired) electrons. The number of nitrogens with one attached hydrogen (secondary N) is 1. The van der Waals surface area contributed by atoms with Gasteiger partial charge >= 0.3 is 0 Å². The maximum Gasteiger partial charge on any atom is 0.251 e. The number of halogens is 1. The summed E-state index contributed by atoms with van der Waals surface area (Å²) in [6.07, 6.45) is 0. The summed E-state index contributed by atoms with van der Waals surface area (Å²) in [4.78, 5) is 14.7. The van der Waals surface area contributed by atoms with Gasteiger partial charge in [0, 0.05) is 28.7 Å². The molecule has 2 rings (SSSR count). The third kappa shape index (κ3) is 5.58. The molecular formula is C20H25BrN2O2. The lowest BCUT2D eigenvalue weighted by atomic mass is 10.1. The SMILES string of the molecule is CCN(CC)Cc1ccc(C(=O)NCc2cc(Br)ccc2OC)cc1. The molecule has 5 heteroatoms. The lowest BCUT2D eigenvalue weighted by Crippen LogP contribution is -2.24. The maximum absolute atomic E-state index is 12.4. The van der Waals surface area contributed by atoms with Crippen LogP contribution in [0.15, 0.2) is 46.9 Å². The molecule has 134 valence electrons. The van der Waals surface area contributed by atoms with Crippen LogP contribution in [0.1, 0.15) is 35.3 Å². The number of benzene rings is 2. The van der Waals surface area contributed by atoms with E-state index in [0.717, 1.165) is 35.4 Å². The van der Waals surface area contributed by atoms with Crippen LogP contribution in [0, 0.1) is 0 Å². The van der Waals surface area contributed by atoms with Crippen LogP contribution in [0.5, 0.6) is 5.75 Å². The van der Waals surface area contributed by atoms with Crippen molar-refractivity contribution in [2.24, 2.45) is 0 Å². The molecule has 0 heterocycles. The van der Waals surface area contributed by atoms with Crippen molar-refractivity contribution in [2.45, 2.75) is 26.9 Å². The van der Waals surface area contributed by atoms with Gasteiger partial charge in [-0.1, -0.05) is 41.9 Å². The highest BCUT2D eigenvalue weighted by molar-refractivity contribution is 9.10. The van der Waals surface area contributed by atoms with Crippen molar-refractivity contribution in [1.29, 1.82) is 0 Å². The van der Waals surface area contributed by atoms with E-state index >= 15 is 0 Å². The van der Waals surface area contributed by atoms with E-state index in [1.807, 2.05) is 42.5 Å². The van der Waals surface area contributed by atoms with Crippen molar-refractivity contribution < 1.29 is 9.53 Å². The second kappa shape index (κ2) is 9.59. The zero-order valence-corrected chi connectivity index (χ0v) is 16.6. The highest BCUT2D eigenvalue weighted by Gasteiger charge is 2.09. The first-order valence-corrected chi connectivity index (χ1v) is 9.28. The molecule has 0 spiro atoms. The van der Waals surface area contributed by atoms with Crippen molar-refractivity contribution in [1.82, 2.24) is 10.2 Å². The molecule has 0 aliphatic rings. The fourth-order valence-electron chi connectivity index (χ4n) is 2.63. The van der Waals surface area contributed by atoms with Crippen LogP contribution in [0.3, 0.4) is 0 Å². The van der Waals surface area contributed by atoms with Gasteiger partial charge in [-0.25, -0.2) is 0 Å². The molecule has 0 saturated carbocycles. The molecule has 0 bridgehead atoms. The predicted molar refractivity (Wildman–Crippen MR) is 105 cm³/mol. The largest absolute Gasteiger partial charge is 0.496 e. The van der Waals surface area contributed by atoms with E-state index < -0.39 is 0 Å². The molecule has 0 saturated heterocycles. The molecule has 1 amide bonds. The average Bonchev–Trinajstić information content (AvgIpc) is 2.64. The smallest absolute Gasteiger partial charge is 0.251 e. The summed E-state index contributed by atoms with van der Waals surface area (Å²) >= 11 is 3.44. The van der Waals surface area contributed by atoms with E-state index in [1.165, 1.54) is 5.56 Å². The Hall–Kier alpha value is -1.85. The first kappa shape index (κ1) is 19.5. The molecule has 25 heavy (non-hydrogen) atoms. The zero-order chi connectivity index (χ0) is 18.2. The Morgan fingerprint density at radius 3 is 2.40 bits per heavy atom. The van der Waals surface area contributed by atoms with Crippen LogP contribution >= 0.6 is 15.9 Å². The second-order valence-corrected chi connectivity index (χ2v) is 6.71. The van der Waals surface area contributed by atoms with Gasteiger partial charge in [0.25, 0.3) is 5.91 Å². The van der Waals surface area contributed by atoms with Crippen LogP contribution in [0.25, 0.3) is 0 Å². The monoisotopic (exact) mass is 404 g/mol. The van der Waals surface area contributed by atoms with E-state index in [-0.39, 0.29) is 5.91 Å². The molecule has 0 aliphatic carbocycles. The fraction of sp³-hybridized carbons (Fsp3) is 0.350. The Kier molecular flexibility index (Phi) is 7.47. The molecular weight excluding hydrogens is 380 g/mol. The van der Waals surface area contributed by atoms with Crippen LogP contribution < -0.4 is 10.1 Å². The molecule has 1 N–H and O–H groups in total. The van der Waals surface area contributed by atoms with Gasteiger partial charge in [-0.2, -0.15) is 0 Å². The highest BCUT2D eigenvalue weighted by atomic mass is 79.9. The number of hydrogen-bond acceptors (Lipinski definition) is 3. The summed E-state index contributed by atoms with van der Waals surface area (Å²) in [6.45, 7) is 7.68. The lowest BCUT2D eigenvalue weighted by Gasteiger charge is -2.18. The number of ether oxygens (including phenoxy) is 1. The Labute approximate surface area is 158 Å². The van der Waals surface area contributed by atoms with Gasteiger partial charge in [0.1, 0.15) is 5.75 Å². The van der Waals surface area contributed by atoms with E-state index in [1.54, 1.807) is 7.11 Å². The summed E-state index contributed by atoms with van der Waals surface area (Å²) in [5.74, 6) is 0.675. The molecule has 0 aliphatic heterocycles. The molecule has 2 aromatic rings. The van der Waals surface area contributed by atoms with Gasteiger partial charge in [0.2, 0.25) is 0 Å². The van der Waals surface area contributed by atoms with Crippen LogP contribution in [-0.2, 0) is 13.1 Å². The third-order valence-electron chi connectivity index (χ3n) is 4.20. The van der Waals surface area contributed by atoms with Gasteiger partial charge in [-0.3, -0.25) is 9.69 Å². The highest BCUT2D eigenvalue weighted by Crippen LogP contribution is 2.22. The Balaban J connectivity index is 1.98. The Bertz CT molecular complexity index is 697. The first-order valence-electron chi connectivity index (χ1n) is 8.49. The zero-order valence-electron chi connectivity index (χ0n) is 15.0. The minimum Gasteiger partial charge on any atom is -0.496 e. The van der Waals surface area contributed by atoms with Crippen molar-refractivity contribution in [2.75, 3.05) is 20.2 Å². The number of amides is 1.